The van der Waals surface area contributed by atoms with Gasteiger partial charge < -0.3 is 10.1 Å². The molecule has 3 rings (SSSR count). The molecule has 12 heteroatoms. The third kappa shape index (κ3) is 5.82. The summed E-state index contributed by atoms with van der Waals surface area (Å²) < 4.78 is 43.5. The summed E-state index contributed by atoms with van der Waals surface area (Å²) in [6, 6.07) is 10.0. The number of nitrogens with zero attached hydrogens (tertiary/aromatic N) is 1. The van der Waals surface area contributed by atoms with Crippen molar-refractivity contribution in [3.63, 3.8) is 0 Å². The summed E-state index contributed by atoms with van der Waals surface area (Å²) in [7, 11) is 0. The van der Waals surface area contributed by atoms with Crippen LogP contribution in [-0.4, -0.2) is 16.9 Å². The molecule has 3 aromatic rings. The fourth-order valence-electron chi connectivity index (χ4n) is 2.40. The predicted octanol–water partition coefficient (Wildman–Crippen LogP) is 6.81. The van der Waals surface area contributed by atoms with Crippen molar-refractivity contribution < 1.29 is 27.5 Å². The Morgan fingerprint density at radius 2 is 1.66 bits per heavy atom. The van der Waals surface area contributed by atoms with Gasteiger partial charge in [-0.3, -0.25) is 10.1 Å². The summed E-state index contributed by atoms with van der Waals surface area (Å²) >= 11 is 17.8. The monoisotopic (exact) mass is 503 g/mol. The van der Waals surface area contributed by atoms with Gasteiger partial charge in [0.25, 0.3) is 5.91 Å². The molecule has 0 atom stereocenters. The molecule has 6 nitrogen and oxygen atoms in total. The first-order valence-electron chi connectivity index (χ1n) is 8.61. The molecule has 166 valence electrons. The van der Waals surface area contributed by atoms with Crippen molar-refractivity contribution in [1.82, 2.24) is 10.3 Å². The van der Waals surface area contributed by atoms with Crippen molar-refractivity contribution in [1.29, 1.82) is 0 Å². The highest BCUT2D eigenvalue weighted by molar-refractivity contribution is 6.34. The molecule has 0 radical (unpaired) electrons. The normalized spacial score (nSPS) is 11.1. The van der Waals surface area contributed by atoms with Crippen LogP contribution in [0.15, 0.2) is 54.7 Å². The number of hydrogen-bond donors (Lipinski definition) is 2. The number of amides is 3. The lowest BCUT2D eigenvalue weighted by molar-refractivity contribution is -0.137. The van der Waals surface area contributed by atoms with Gasteiger partial charge in [-0.05, 0) is 36.4 Å². The summed E-state index contributed by atoms with van der Waals surface area (Å²) in [5.41, 5.74) is -0.705. The molecular formula is C20H11Cl3F3N3O3. The Kier molecular flexibility index (Phi) is 7.12. The number of carbonyl (C=O) groups is 2. The topological polar surface area (TPSA) is 80.3 Å². The van der Waals surface area contributed by atoms with E-state index in [2.05, 4.69) is 15.6 Å². The van der Waals surface area contributed by atoms with E-state index in [0.29, 0.717) is 12.3 Å². The van der Waals surface area contributed by atoms with Crippen molar-refractivity contribution in [2.75, 3.05) is 5.32 Å². The molecule has 0 spiro atoms. The number of rotatable bonds is 4. The molecule has 0 bridgehead atoms. The zero-order valence-corrected chi connectivity index (χ0v) is 17.9. The minimum absolute atomic E-state index is 0.00186. The van der Waals surface area contributed by atoms with Gasteiger partial charge in [0, 0.05) is 11.9 Å². The number of halogens is 6. The van der Waals surface area contributed by atoms with Gasteiger partial charge in [0.1, 0.15) is 10.8 Å². The number of ether oxygens (including phenoxy) is 1. The second-order valence-electron chi connectivity index (χ2n) is 6.14. The number of benzene rings is 2. The second kappa shape index (κ2) is 9.64. The van der Waals surface area contributed by atoms with Crippen molar-refractivity contribution >= 4 is 52.4 Å². The van der Waals surface area contributed by atoms with Crippen molar-refractivity contribution in [3.8, 4) is 11.6 Å². The van der Waals surface area contributed by atoms with E-state index in [1.165, 1.54) is 30.3 Å². The highest BCUT2D eigenvalue weighted by Gasteiger charge is 2.32. The number of urea groups is 1. The summed E-state index contributed by atoms with van der Waals surface area (Å²) in [6.07, 6.45) is -4.03. The molecule has 0 saturated carbocycles. The van der Waals surface area contributed by atoms with Crippen LogP contribution in [0.2, 0.25) is 15.1 Å². The zero-order valence-electron chi connectivity index (χ0n) is 15.6. The maximum Gasteiger partial charge on any atom is 0.417 e. The third-order valence-corrected chi connectivity index (χ3v) is 4.77. The predicted molar refractivity (Wildman–Crippen MR) is 114 cm³/mol. The quantitative estimate of drug-likeness (QED) is 0.409. The van der Waals surface area contributed by atoms with E-state index in [4.69, 9.17) is 39.5 Å². The highest BCUT2D eigenvalue weighted by atomic mass is 35.5. The molecule has 0 aliphatic carbocycles. The van der Waals surface area contributed by atoms with Gasteiger partial charge in [-0.1, -0.05) is 46.9 Å². The summed E-state index contributed by atoms with van der Waals surface area (Å²) in [5, 5.41) is 4.34. The largest absolute Gasteiger partial charge is 0.436 e. The van der Waals surface area contributed by atoms with Crippen molar-refractivity contribution in [2.24, 2.45) is 0 Å². The fraction of sp³-hybridized carbons (Fsp3) is 0.0500. The molecule has 32 heavy (non-hydrogen) atoms. The van der Waals surface area contributed by atoms with Gasteiger partial charge in [-0.15, -0.1) is 0 Å². The molecule has 2 aromatic carbocycles. The molecule has 3 amide bonds. The van der Waals surface area contributed by atoms with Crippen LogP contribution in [0.25, 0.3) is 0 Å². The standard InChI is InChI=1S/C20H11Cl3F3N3O3/c21-13-4-2-1-3-12(13)17(30)29-19(31)28-11-5-6-16(14(22)8-11)32-18-15(23)7-10(9-27-18)20(24,25)26/h1-9H,(H2,28,29,30,31). The highest BCUT2D eigenvalue weighted by Crippen LogP contribution is 2.37. The van der Waals surface area contributed by atoms with Gasteiger partial charge in [0.2, 0.25) is 5.88 Å². The Hall–Kier alpha value is -3.01. The van der Waals surface area contributed by atoms with Crippen molar-refractivity contribution in [2.45, 2.75) is 6.18 Å². The van der Waals surface area contributed by atoms with E-state index in [1.807, 2.05) is 0 Å². The van der Waals surface area contributed by atoms with Crippen LogP contribution in [0, 0.1) is 0 Å². The van der Waals surface area contributed by atoms with E-state index in [1.54, 1.807) is 12.1 Å². The molecule has 2 N–H and O–H groups in total. The van der Waals surface area contributed by atoms with Crippen LogP contribution in [0.3, 0.4) is 0 Å². The molecule has 1 aromatic heterocycles. The maximum atomic E-state index is 12.7. The van der Waals surface area contributed by atoms with Gasteiger partial charge in [-0.25, -0.2) is 9.78 Å². The Morgan fingerprint density at radius 1 is 0.938 bits per heavy atom. The third-order valence-electron chi connectivity index (χ3n) is 3.88. The van der Waals surface area contributed by atoms with E-state index in [0.717, 1.165) is 0 Å². The van der Waals surface area contributed by atoms with Crippen LogP contribution in [0.1, 0.15) is 15.9 Å². The Bertz CT molecular complexity index is 1190. The van der Waals surface area contributed by atoms with Gasteiger partial charge in [0.05, 0.1) is 21.2 Å². The number of nitrogens with one attached hydrogen (secondary N) is 2. The number of imide groups is 1. The van der Waals surface area contributed by atoms with E-state index >= 15 is 0 Å². The fourth-order valence-corrected chi connectivity index (χ4v) is 3.04. The van der Waals surface area contributed by atoms with E-state index in [-0.39, 0.29) is 37.9 Å². The number of alkyl halides is 3. The molecule has 0 aliphatic rings. The average Bonchev–Trinajstić information content (AvgIpc) is 2.70. The SMILES string of the molecule is O=C(NC(=O)c1ccccc1Cl)Nc1ccc(Oc2ncc(C(F)(F)F)cc2Cl)c(Cl)c1. The van der Waals surface area contributed by atoms with E-state index in [9.17, 15) is 22.8 Å². The number of hydrogen-bond acceptors (Lipinski definition) is 4. The number of aromatic nitrogens is 1. The first-order valence-corrected chi connectivity index (χ1v) is 9.75. The second-order valence-corrected chi connectivity index (χ2v) is 7.37. The van der Waals surface area contributed by atoms with Crippen molar-refractivity contribution in [3.05, 3.63) is 80.9 Å². The summed E-state index contributed by atoms with van der Waals surface area (Å²) in [6.45, 7) is 0. The van der Waals surface area contributed by atoms with Gasteiger partial charge in [-0.2, -0.15) is 13.2 Å². The molecule has 0 fully saturated rings. The zero-order chi connectivity index (χ0) is 23.5. The Balaban J connectivity index is 1.67. The number of pyridine rings is 1. The van der Waals surface area contributed by atoms with Crippen LogP contribution in [0.4, 0.5) is 23.7 Å². The number of anilines is 1. The molecule has 0 aliphatic heterocycles. The van der Waals surface area contributed by atoms with Crippen LogP contribution < -0.4 is 15.4 Å². The van der Waals surface area contributed by atoms with Gasteiger partial charge in [0.15, 0.2) is 0 Å². The summed E-state index contributed by atoms with van der Waals surface area (Å²) in [4.78, 5) is 27.7. The minimum atomic E-state index is -4.60. The van der Waals surface area contributed by atoms with Crippen LogP contribution >= 0.6 is 34.8 Å². The van der Waals surface area contributed by atoms with E-state index < -0.39 is 23.7 Å². The van der Waals surface area contributed by atoms with Gasteiger partial charge >= 0.3 is 12.2 Å². The van der Waals surface area contributed by atoms with Crippen LogP contribution in [0.5, 0.6) is 11.6 Å². The molecular weight excluding hydrogens is 494 g/mol. The van der Waals surface area contributed by atoms with Crippen LogP contribution in [-0.2, 0) is 6.18 Å². The smallest absolute Gasteiger partial charge is 0.417 e. The Labute approximate surface area is 194 Å². The molecule has 0 unspecified atom stereocenters. The number of carbonyl (C=O) groups excluding carboxylic acids is 2. The lowest BCUT2D eigenvalue weighted by Crippen LogP contribution is -2.34. The average molecular weight is 505 g/mol. The minimum Gasteiger partial charge on any atom is -0.436 e. The molecule has 0 saturated heterocycles. The lowest BCUT2D eigenvalue weighted by Gasteiger charge is -2.12. The maximum absolute atomic E-state index is 12.7. The summed E-state index contributed by atoms with van der Waals surface area (Å²) in [5.74, 6) is -0.966. The Morgan fingerprint density at radius 3 is 2.28 bits per heavy atom. The lowest BCUT2D eigenvalue weighted by atomic mass is 10.2. The first-order chi connectivity index (χ1) is 15.0. The first kappa shape index (κ1) is 23.6. The molecule has 1 heterocycles.